The van der Waals surface area contributed by atoms with E-state index in [1.54, 1.807) is 17.5 Å². The highest BCUT2D eigenvalue weighted by Gasteiger charge is 2.10. The Morgan fingerprint density at radius 1 is 1.22 bits per heavy atom. The van der Waals surface area contributed by atoms with Gasteiger partial charge in [-0.3, -0.25) is 29.9 Å². The molecule has 9 heteroatoms. The van der Waals surface area contributed by atoms with Gasteiger partial charge in [-0.1, -0.05) is 6.07 Å². The van der Waals surface area contributed by atoms with E-state index in [0.717, 1.165) is 11.4 Å². The number of nitrogens with one attached hydrogen (secondary N) is 3. The van der Waals surface area contributed by atoms with Crippen molar-refractivity contribution >= 4 is 29.1 Å². The molecule has 122 valence electrons. The first-order valence-corrected chi connectivity index (χ1v) is 7.74. The highest BCUT2D eigenvalue weighted by atomic mass is 32.1. The zero-order valence-electron chi connectivity index (χ0n) is 12.8. The lowest BCUT2D eigenvalue weighted by Crippen LogP contribution is -2.47. The summed E-state index contributed by atoms with van der Waals surface area (Å²) in [4.78, 5) is 35.5. The minimum atomic E-state index is -0.517. The number of rotatable bonds is 5. The van der Waals surface area contributed by atoms with Gasteiger partial charge < -0.3 is 5.32 Å². The number of nitrogens with zero attached hydrogens (tertiary/aromatic N) is 2. The standard InChI is InChI=1S/C14H17N5O3S/c1-9-6-10(2)19(18-9)8-13(21)17-16-12(20)7-15-14(22)11-4-3-5-23-11/h3-6H,7-8H2,1-2H3,(H,15,22)(H,16,20)(H,17,21). The molecular formula is C14H17N5O3S. The maximum Gasteiger partial charge on any atom is 0.261 e. The summed E-state index contributed by atoms with van der Waals surface area (Å²) in [7, 11) is 0. The van der Waals surface area contributed by atoms with Crippen molar-refractivity contribution in [3.05, 3.63) is 39.8 Å². The molecule has 2 rings (SSSR count). The molecular weight excluding hydrogens is 318 g/mol. The summed E-state index contributed by atoms with van der Waals surface area (Å²) < 4.78 is 1.54. The summed E-state index contributed by atoms with van der Waals surface area (Å²) in [6, 6.07) is 5.26. The Morgan fingerprint density at radius 3 is 2.57 bits per heavy atom. The first-order chi connectivity index (χ1) is 11.0. The van der Waals surface area contributed by atoms with E-state index < -0.39 is 11.8 Å². The molecule has 0 saturated carbocycles. The predicted octanol–water partition coefficient (Wildman–Crippen LogP) is 0.139. The number of hydrogen-bond acceptors (Lipinski definition) is 5. The molecule has 2 aromatic rings. The number of hydrazine groups is 1. The molecule has 3 amide bonds. The average Bonchev–Trinajstić information content (AvgIpc) is 3.13. The lowest BCUT2D eigenvalue weighted by molar-refractivity contribution is -0.128. The third-order valence-corrected chi connectivity index (χ3v) is 3.76. The first-order valence-electron chi connectivity index (χ1n) is 6.86. The molecule has 0 aliphatic rings. The van der Waals surface area contributed by atoms with Crippen molar-refractivity contribution in [1.29, 1.82) is 0 Å². The van der Waals surface area contributed by atoms with Crippen LogP contribution in [0, 0.1) is 13.8 Å². The third kappa shape index (κ3) is 4.92. The monoisotopic (exact) mass is 335 g/mol. The van der Waals surface area contributed by atoms with Crippen LogP contribution >= 0.6 is 11.3 Å². The number of thiophene rings is 1. The Labute approximate surface area is 136 Å². The van der Waals surface area contributed by atoms with E-state index in [1.807, 2.05) is 19.9 Å². The molecule has 2 aromatic heterocycles. The normalized spacial score (nSPS) is 10.2. The van der Waals surface area contributed by atoms with Gasteiger partial charge in [0.2, 0.25) is 0 Å². The van der Waals surface area contributed by atoms with Crippen LogP contribution in [0.1, 0.15) is 21.1 Å². The smallest absolute Gasteiger partial charge is 0.261 e. The third-order valence-electron chi connectivity index (χ3n) is 2.89. The van der Waals surface area contributed by atoms with Crippen molar-refractivity contribution in [3.8, 4) is 0 Å². The Morgan fingerprint density at radius 2 is 1.96 bits per heavy atom. The zero-order chi connectivity index (χ0) is 16.8. The van der Waals surface area contributed by atoms with Crippen LogP contribution in [0.15, 0.2) is 23.6 Å². The summed E-state index contributed by atoms with van der Waals surface area (Å²) in [5.74, 6) is -1.25. The highest BCUT2D eigenvalue weighted by molar-refractivity contribution is 7.12. The maximum absolute atomic E-state index is 11.7. The molecule has 23 heavy (non-hydrogen) atoms. The van der Waals surface area contributed by atoms with E-state index >= 15 is 0 Å². The van der Waals surface area contributed by atoms with Gasteiger partial charge in [-0.15, -0.1) is 11.3 Å². The molecule has 0 saturated heterocycles. The highest BCUT2D eigenvalue weighted by Crippen LogP contribution is 2.07. The van der Waals surface area contributed by atoms with Crippen molar-refractivity contribution in [2.45, 2.75) is 20.4 Å². The van der Waals surface area contributed by atoms with Gasteiger partial charge in [0, 0.05) is 5.69 Å². The fourth-order valence-corrected chi connectivity index (χ4v) is 2.49. The van der Waals surface area contributed by atoms with Crippen LogP contribution in [0.5, 0.6) is 0 Å². The van der Waals surface area contributed by atoms with Gasteiger partial charge in [0.25, 0.3) is 17.7 Å². The minimum Gasteiger partial charge on any atom is -0.342 e. The van der Waals surface area contributed by atoms with Gasteiger partial charge in [-0.25, -0.2) is 0 Å². The van der Waals surface area contributed by atoms with Crippen LogP contribution in [-0.2, 0) is 16.1 Å². The fourth-order valence-electron chi connectivity index (χ4n) is 1.85. The lowest BCUT2D eigenvalue weighted by atomic mass is 10.4. The van der Waals surface area contributed by atoms with Crippen molar-refractivity contribution in [2.75, 3.05) is 6.54 Å². The molecule has 0 aliphatic carbocycles. The molecule has 2 heterocycles. The van der Waals surface area contributed by atoms with Gasteiger partial charge in [-0.2, -0.15) is 5.10 Å². The number of aromatic nitrogens is 2. The number of hydrogen-bond donors (Lipinski definition) is 3. The topological polar surface area (TPSA) is 105 Å². The Balaban J connectivity index is 1.70. The number of carbonyl (C=O) groups is 3. The van der Waals surface area contributed by atoms with E-state index in [1.165, 1.54) is 16.0 Å². The second kappa shape index (κ2) is 7.54. The van der Waals surface area contributed by atoms with Crippen LogP contribution in [0.4, 0.5) is 0 Å². The molecule has 0 aliphatic heterocycles. The zero-order valence-corrected chi connectivity index (χ0v) is 13.6. The maximum atomic E-state index is 11.7. The second-order valence-corrected chi connectivity index (χ2v) is 5.79. The van der Waals surface area contributed by atoms with Crippen LogP contribution in [0.2, 0.25) is 0 Å². The lowest BCUT2D eigenvalue weighted by Gasteiger charge is -2.09. The molecule has 0 spiro atoms. The molecule has 0 radical (unpaired) electrons. The van der Waals surface area contributed by atoms with Crippen LogP contribution in [0.3, 0.4) is 0 Å². The molecule has 8 nitrogen and oxygen atoms in total. The molecule has 0 bridgehead atoms. The molecule has 0 fully saturated rings. The van der Waals surface area contributed by atoms with Crippen molar-refractivity contribution < 1.29 is 14.4 Å². The van der Waals surface area contributed by atoms with Gasteiger partial charge in [0.05, 0.1) is 17.1 Å². The fraction of sp³-hybridized carbons (Fsp3) is 0.286. The minimum absolute atomic E-state index is 0.00150. The summed E-state index contributed by atoms with van der Waals surface area (Å²) in [5, 5.41) is 8.39. The summed E-state index contributed by atoms with van der Waals surface area (Å²) >= 11 is 1.28. The number of carbonyl (C=O) groups excluding carboxylic acids is 3. The first kappa shape index (κ1) is 16.7. The predicted molar refractivity (Wildman–Crippen MR) is 84.6 cm³/mol. The van der Waals surface area contributed by atoms with Gasteiger partial charge in [-0.05, 0) is 31.4 Å². The summed E-state index contributed by atoms with van der Waals surface area (Å²) in [6.45, 7) is 3.45. The number of amides is 3. The van der Waals surface area contributed by atoms with Crippen molar-refractivity contribution in [3.63, 3.8) is 0 Å². The van der Waals surface area contributed by atoms with E-state index in [-0.39, 0.29) is 19.0 Å². The van der Waals surface area contributed by atoms with Crippen LogP contribution in [0.25, 0.3) is 0 Å². The average molecular weight is 335 g/mol. The molecule has 3 N–H and O–H groups in total. The van der Waals surface area contributed by atoms with Crippen molar-refractivity contribution in [2.24, 2.45) is 0 Å². The van der Waals surface area contributed by atoms with Crippen LogP contribution in [-0.4, -0.2) is 34.0 Å². The Kier molecular flexibility index (Phi) is 5.47. The van der Waals surface area contributed by atoms with E-state index in [0.29, 0.717) is 4.88 Å². The molecule has 0 atom stereocenters. The quantitative estimate of drug-likeness (QED) is 0.676. The SMILES string of the molecule is Cc1cc(C)n(CC(=O)NNC(=O)CNC(=O)c2cccs2)n1. The summed E-state index contributed by atoms with van der Waals surface area (Å²) in [6.07, 6.45) is 0. The van der Waals surface area contributed by atoms with Gasteiger partial charge in [0.15, 0.2) is 0 Å². The van der Waals surface area contributed by atoms with E-state index in [4.69, 9.17) is 0 Å². The Bertz CT molecular complexity index is 708. The van der Waals surface area contributed by atoms with Gasteiger partial charge >= 0.3 is 0 Å². The largest absolute Gasteiger partial charge is 0.342 e. The van der Waals surface area contributed by atoms with E-state index in [9.17, 15) is 14.4 Å². The molecule has 0 aromatic carbocycles. The second-order valence-electron chi connectivity index (χ2n) is 4.84. The van der Waals surface area contributed by atoms with Gasteiger partial charge in [0.1, 0.15) is 6.54 Å². The molecule has 0 unspecified atom stereocenters. The summed E-state index contributed by atoms with van der Waals surface area (Å²) in [5.41, 5.74) is 6.19. The Hall–Kier alpha value is -2.68. The van der Waals surface area contributed by atoms with Crippen LogP contribution < -0.4 is 16.2 Å². The van der Waals surface area contributed by atoms with E-state index in [2.05, 4.69) is 21.3 Å². The van der Waals surface area contributed by atoms with Crippen molar-refractivity contribution in [1.82, 2.24) is 25.9 Å². The number of aryl methyl sites for hydroxylation is 2.